The van der Waals surface area contributed by atoms with Crippen LogP contribution in [0.15, 0.2) is 18.2 Å². The van der Waals surface area contributed by atoms with Crippen molar-refractivity contribution in [3.05, 3.63) is 29.3 Å². The van der Waals surface area contributed by atoms with Crippen LogP contribution in [0.4, 0.5) is 0 Å². The summed E-state index contributed by atoms with van der Waals surface area (Å²) in [6, 6.07) is 6.47. The van der Waals surface area contributed by atoms with E-state index in [0.29, 0.717) is 0 Å². The Morgan fingerprint density at radius 2 is 2.10 bits per heavy atom. The van der Waals surface area contributed by atoms with Crippen molar-refractivity contribution < 1.29 is 9.47 Å². The zero-order valence-electron chi connectivity index (χ0n) is 14.1. The van der Waals surface area contributed by atoms with Crippen molar-refractivity contribution in [1.29, 1.82) is 0 Å². The highest BCUT2D eigenvalue weighted by molar-refractivity contribution is 5.45. The molecule has 2 rings (SSSR count). The van der Waals surface area contributed by atoms with Crippen molar-refractivity contribution in [1.82, 2.24) is 5.32 Å². The average molecular weight is 291 g/mol. The van der Waals surface area contributed by atoms with Gasteiger partial charge in [0.05, 0.1) is 0 Å². The molecule has 1 heterocycles. The number of benzene rings is 1. The van der Waals surface area contributed by atoms with Crippen molar-refractivity contribution >= 4 is 0 Å². The second-order valence-corrected chi connectivity index (χ2v) is 7.45. The lowest BCUT2D eigenvalue weighted by atomic mass is 9.89. The van der Waals surface area contributed by atoms with Gasteiger partial charge in [0.25, 0.3) is 0 Å². The third kappa shape index (κ3) is 4.45. The Balaban J connectivity index is 1.92. The molecule has 118 valence electrons. The summed E-state index contributed by atoms with van der Waals surface area (Å²) in [7, 11) is 1.76. The van der Waals surface area contributed by atoms with Crippen molar-refractivity contribution in [3.8, 4) is 5.75 Å². The van der Waals surface area contributed by atoms with Crippen molar-refractivity contribution in [2.24, 2.45) is 5.41 Å². The molecule has 3 heteroatoms. The van der Waals surface area contributed by atoms with Gasteiger partial charge in [-0.3, -0.25) is 0 Å². The van der Waals surface area contributed by atoms with Crippen LogP contribution >= 0.6 is 0 Å². The fourth-order valence-electron chi connectivity index (χ4n) is 2.82. The van der Waals surface area contributed by atoms with E-state index < -0.39 is 0 Å². The SMILES string of the molecule is COCCC(C)(C)CNCc1cccc2c1OC(C)(C)C2. The summed E-state index contributed by atoms with van der Waals surface area (Å²) in [5.74, 6) is 1.09. The van der Waals surface area contributed by atoms with Crippen molar-refractivity contribution in [3.63, 3.8) is 0 Å². The maximum absolute atomic E-state index is 6.11. The lowest BCUT2D eigenvalue weighted by molar-refractivity contribution is 0.136. The molecule has 0 saturated carbocycles. The van der Waals surface area contributed by atoms with E-state index in [0.717, 1.165) is 38.3 Å². The molecule has 0 fully saturated rings. The molecule has 1 N–H and O–H groups in total. The highest BCUT2D eigenvalue weighted by Gasteiger charge is 2.31. The number of methoxy groups -OCH3 is 1. The quantitative estimate of drug-likeness (QED) is 0.833. The molecule has 0 unspecified atom stereocenters. The van der Waals surface area contributed by atoms with Crippen LogP contribution in [-0.2, 0) is 17.7 Å². The molecule has 1 aromatic rings. The topological polar surface area (TPSA) is 30.5 Å². The Labute approximate surface area is 129 Å². The molecular formula is C18H29NO2. The number of ether oxygens (including phenoxy) is 2. The number of fused-ring (bicyclic) bond motifs is 1. The number of hydrogen-bond donors (Lipinski definition) is 1. The minimum Gasteiger partial charge on any atom is -0.487 e. The lowest BCUT2D eigenvalue weighted by Crippen LogP contribution is -2.30. The van der Waals surface area contributed by atoms with Crippen LogP contribution in [0.5, 0.6) is 5.75 Å². The molecule has 0 aliphatic carbocycles. The van der Waals surface area contributed by atoms with Gasteiger partial charge in [0.15, 0.2) is 0 Å². The Morgan fingerprint density at radius 3 is 2.81 bits per heavy atom. The van der Waals surface area contributed by atoms with Gasteiger partial charge >= 0.3 is 0 Å². The first-order chi connectivity index (χ1) is 9.83. The lowest BCUT2D eigenvalue weighted by Gasteiger charge is -2.25. The molecule has 0 spiro atoms. The van der Waals surface area contributed by atoms with E-state index in [2.05, 4.69) is 51.2 Å². The van der Waals surface area contributed by atoms with Gasteiger partial charge in [0.1, 0.15) is 11.4 Å². The number of hydrogen-bond acceptors (Lipinski definition) is 3. The summed E-state index contributed by atoms with van der Waals surface area (Å²) in [6.07, 6.45) is 2.06. The minimum absolute atomic E-state index is 0.0732. The number of nitrogens with one attached hydrogen (secondary N) is 1. The van der Waals surface area contributed by atoms with Gasteiger partial charge in [-0.25, -0.2) is 0 Å². The summed E-state index contributed by atoms with van der Waals surface area (Å²) in [5, 5.41) is 3.57. The van der Waals surface area contributed by atoms with E-state index >= 15 is 0 Å². The second-order valence-electron chi connectivity index (χ2n) is 7.45. The van der Waals surface area contributed by atoms with Crippen LogP contribution in [0.2, 0.25) is 0 Å². The first kappa shape index (κ1) is 16.3. The normalized spacial score (nSPS) is 16.6. The fraction of sp³-hybridized carbons (Fsp3) is 0.667. The molecule has 0 amide bonds. The summed E-state index contributed by atoms with van der Waals surface area (Å²) >= 11 is 0. The summed E-state index contributed by atoms with van der Waals surface area (Å²) in [5.41, 5.74) is 2.77. The molecule has 0 radical (unpaired) electrons. The molecule has 0 bridgehead atoms. The van der Waals surface area contributed by atoms with Gasteiger partial charge in [0.2, 0.25) is 0 Å². The highest BCUT2D eigenvalue weighted by Crippen LogP contribution is 2.37. The number of para-hydroxylation sites is 1. The van der Waals surface area contributed by atoms with Crippen LogP contribution < -0.4 is 10.1 Å². The third-order valence-corrected chi connectivity index (χ3v) is 4.07. The molecule has 21 heavy (non-hydrogen) atoms. The van der Waals surface area contributed by atoms with Gasteiger partial charge in [-0.05, 0) is 31.2 Å². The molecule has 3 nitrogen and oxygen atoms in total. The Morgan fingerprint density at radius 1 is 1.33 bits per heavy atom. The van der Waals surface area contributed by atoms with Gasteiger partial charge < -0.3 is 14.8 Å². The smallest absolute Gasteiger partial charge is 0.127 e. The van der Waals surface area contributed by atoms with Crippen LogP contribution in [0.3, 0.4) is 0 Å². The summed E-state index contributed by atoms with van der Waals surface area (Å²) in [4.78, 5) is 0. The third-order valence-electron chi connectivity index (χ3n) is 4.07. The maximum atomic E-state index is 6.11. The molecule has 1 aliphatic heterocycles. The van der Waals surface area contributed by atoms with E-state index in [1.54, 1.807) is 7.11 Å². The molecule has 1 aliphatic rings. The number of rotatable bonds is 7. The zero-order chi connectivity index (χ0) is 15.5. The first-order valence-corrected chi connectivity index (χ1v) is 7.82. The van der Waals surface area contributed by atoms with E-state index in [1.807, 2.05) is 0 Å². The molecule has 0 saturated heterocycles. The molecule has 0 atom stereocenters. The standard InChI is InChI=1S/C18H29NO2/c1-17(2,9-10-20-5)13-19-12-15-8-6-7-14-11-18(3,4)21-16(14)15/h6-8,19H,9-13H2,1-5H3. The Bertz CT molecular complexity index is 480. The van der Waals surface area contributed by atoms with Gasteiger partial charge in [-0.15, -0.1) is 0 Å². The van der Waals surface area contributed by atoms with E-state index in [4.69, 9.17) is 9.47 Å². The van der Waals surface area contributed by atoms with Crippen LogP contribution in [-0.4, -0.2) is 25.9 Å². The maximum Gasteiger partial charge on any atom is 0.127 e. The fourth-order valence-corrected chi connectivity index (χ4v) is 2.82. The molecule has 1 aromatic carbocycles. The first-order valence-electron chi connectivity index (χ1n) is 7.82. The zero-order valence-corrected chi connectivity index (χ0v) is 14.1. The summed E-state index contributed by atoms with van der Waals surface area (Å²) in [6.45, 7) is 11.5. The van der Waals surface area contributed by atoms with Crippen molar-refractivity contribution in [2.45, 2.75) is 52.7 Å². The van der Waals surface area contributed by atoms with Gasteiger partial charge in [0, 0.05) is 38.8 Å². The van der Waals surface area contributed by atoms with E-state index in [9.17, 15) is 0 Å². The Hall–Kier alpha value is -1.06. The second kappa shape index (κ2) is 6.37. The van der Waals surface area contributed by atoms with Gasteiger partial charge in [-0.2, -0.15) is 0 Å². The van der Waals surface area contributed by atoms with Crippen LogP contribution in [0, 0.1) is 5.41 Å². The monoisotopic (exact) mass is 291 g/mol. The van der Waals surface area contributed by atoms with Crippen LogP contribution in [0.1, 0.15) is 45.2 Å². The van der Waals surface area contributed by atoms with Crippen molar-refractivity contribution in [2.75, 3.05) is 20.3 Å². The minimum atomic E-state index is -0.0732. The molecular weight excluding hydrogens is 262 g/mol. The Kier molecular flexibility index (Phi) is 4.95. The summed E-state index contributed by atoms with van der Waals surface area (Å²) < 4.78 is 11.3. The van der Waals surface area contributed by atoms with E-state index in [-0.39, 0.29) is 11.0 Å². The van der Waals surface area contributed by atoms with E-state index in [1.165, 1.54) is 11.1 Å². The largest absolute Gasteiger partial charge is 0.487 e. The molecule has 0 aromatic heterocycles. The highest BCUT2D eigenvalue weighted by atomic mass is 16.5. The predicted molar refractivity (Wildman–Crippen MR) is 86.8 cm³/mol. The van der Waals surface area contributed by atoms with Gasteiger partial charge in [-0.1, -0.05) is 32.0 Å². The average Bonchev–Trinajstić information content (AvgIpc) is 2.71. The predicted octanol–water partition coefficient (Wildman–Crippen LogP) is 3.55. The van der Waals surface area contributed by atoms with Crippen LogP contribution in [0.25, 0.3) is 0 Å².